The van der Waals surface area contributed by atoms with E-state index < -0.39 is 169 Å². The molecule has 0 fully saturated rings. The SMILES string of the molecule is CC(C)CC[C@@H](C(=O)O[C@@H](C)C(=O)N(C)[C@@H](CC(C)(C)F)C(=O)O[C@@H](Cc1ccc(OC(F)(F)F)cc1)C(=O)N(C)[C@@H](CCC(C)C)C(=O)O[C@@H](C)C(=O)N(C)[C@@H](CC(C)(C)F)C(=O)O[C@@H](Cc1ccc(OC(F)(F)F)cc1)C(=O)OCc1ccccc1)N(C)C(=O)OC(C)(C)C. The number of nitrogens with zero attached hydrogens (tertiary/aromatic N) is 4. The quantitative estimate of drug-likeness (QED) is 0.0307. The van der Waals surface area contributed by atoms with Crippen LogP contribution in [0.1, 0.15) is 145 Å². The highest BCUT2D eigenvalue weighted by Gasteiger charge is 2.44. The van der Waals surface area contributed by atoms with Crippen LogP contribution in [0.15, 0.2) is 78.9 Å². The van der Waals surface area contributed by atoms with Crippen molar-refractivity contribution < 1.29 is 116 Å². The summed E-state index contributed by atoms with van der Waals surface area (Å²) in [7, 11) is 4.55. The van der Waals surface area contributed by atoms with Gasteiger partial charge in [0.1, 0.15) is 59.2 Å². The molecule has 8 atom stereocenters. The molecular formula is C68H92F8N4O17. The van der Waals surface area contributed by atoms with Crippen molar-refractivity contribution in [1.29, 1.82) is 0 Å². The van der Waals surface area contributed by atoms with Crippen LogP contribution in [0.2, 0.25) is 0 Å². The van der Waals surface area contributed by atoms with E-state index in [1.54, 1.807) is 65.0 Å². The molecular weight excluding hydrogens is 1300 g/mol. The molecule has 0 aliphatic carbocycles. The number of benzene rings is 3. The molecule has 0 aromatic heterocycles. The van der Waals surface area contributed by atoms with E-state index in [0.717, 1.165) is 119 Å². The van der Waals surface area contributed by atoms with Crippen molar-refractivity contribution in [3.63, 3.8) is 0 Å². The number of carbonyl (C=O) groups excluding carboxylic acids is 9. The topological polar surface area (TPSA) is 240 Å². The predicted molar refractivity (Wildman–Crippen MR) is 336 cm³/mol. The summed E-state index contributed by atoms with van der Waals surface area (Å²) in [4.78, 5) is 131. The molecule has 0 spiro atoms. The zero-order valence-corrected chi connectivity index (χ0v) is 57.9. The minimum absolute atomic E-state index is 0.0434. The number of likely N-dealkylation sites (N-methyl/N-ethyl adjacent to an activating group) is 4. The number of esters is 5. The van der Waals surface area contributed by atoms with Gasteiger partial charge in [-0.3, -0.25) is 19.3 Å². The maximum atomic E-state index is 15.9. The molecule has 0 heterocycles. The first-order chi connectivity index (χ1) is 44.5. The lowest BCUT2D eigenvalue weighted by Gasteiger charge is -2.35. The summed E-state index contributed by atoms with van der Waals surface area (Å²) in [5, 5.41) is 0. The van der Waals surface area contributed by atoms with Crippen LogP contribution in [-0.2, 0) is 86.2 Å². The molecule has 97 heavy (non-hydrogen) atoms. The molecule has 0 saturated heterocycles. The van der Waals surface area contributed by atoms with E-state index in [0.29, 0.717) is 16.9 Å². The fourth-order valence-corrected chi connectivity index (χ4v) is 9.62. The third-order valence-electron chi connectivity index (χ3n) is 14.8. The number of hydrogen-bond acceptors (Lipinski definition) is 17. The summed E-state index contributed by atoms with van der Waals surface area (Å²) in [5.74, 6) is -11.0. The monoisotopic (exact) mass is 1390 g/mol. The van der Waals surface area contributed by atoms with Crippen LogP contribution < -0.4 is 9.47 Å². The molecule has 0 bridgehead atoms. The lowest BCUT2D eigenvalue weighted by Crippen LogP contribution is -2.54. The third-order valence-corrected chi connectivity index (χ3v) is 14.8. The molecule has 0 radical (unpaired) electrons. The minimum atomic E-state index is -5.11. The highest BCUT2D eigenvalue weighted by atomic mass is 19.4. The number of hydrogen-bond donors (Lipinski definition) is 0. The van der Waals surface area contributed by atoms with Crippen LogP contribution in [0.5, 0.6) is 11.5 Å². The van der Waals surface area contributed by atoms with Crippen molar-refractivity contribution in [2.45, 2.75) is 226 Å². The van der Waals surface area contributed by atoms with Crippen molar-refractivity contribution in [2.75, 3.05) is 28.2 Å². The number of halogens is 8. The van der Waals surface area contributed by atoms with Gasteiger partial charge in [-0.2, -0.15) is 0 Å². The van der Waals surface area contributed by atoms with E-state index >= 15 is 13.6 Å². The maximum absolute atomic E-state index is 15.9. The molecule has 3 aromatic carbocycles. The Morgan fingerprint density at radius 3 is 1.11 bits per heavy atom. The van der Waals surface area contributed by atoms with Crippen LogP contribution in [0.3, 0.4) is 0 Å². The molecule has 3 aromatic rings. The van der Waals surface area contributed by atoms with Gasteiger partial charge in [0.25, 0.3) is 17.7 Å². The number of alkyl halides is 8. The summed E-state index contributed by atoms with van der Waals surface area (Å²) >= 11 is 0. The van der Waals surface area contributed by atoms with Gasteiger partial charge in [0.05, 0.1) is 0 Å². The largest absolute Gasteiger partial charge is 0.573 e. The highest BCUT2D eigenvalue weighted by molar-refractivity contribution is 5.93. The predicted octanol–water partition coefficient (Wildman–Crippen LogP) is 11.6. The van der Waals surface area contributed by atoms with Gasteiger partial charge in [0.2, 0.25) is 6.10 Å². The molecule has 542 valence electrons. The Morgan fingerprint density at radius 2 is 0.753 bits per heavy atom. The third kappa shape index (κ3) is 29.5. The van der Waals surface area contributed by atoms with Crippen molar-refractivity contribution >= 4 is 53.7 Å². The van der Waals surface area contributed by atoms with Crippen molar-refractivity contribution in [2.24, 2.45) is 11.8 Å². The fraction of sp³-hybridized carbons (Fsp3) is 0.603. The van der Waals surface area contributed by atoms with Crippen molar-refractivity contribution in [1.82, 2.24) is 19.6 Å². The number of carbonyl (C=O) groups is 9. The Kier molecular flexibility index (Phi) is 30.6. The second-order valence-electron chi connectivity index (χ2n) is 26.7. The minimum Gasteiger partial charge on any atom is -0.458 e. The molecule has 3 rings (SSSR count). The van der Waals surface area contributed by atoms with E-state index in [1.807, 2.05) is 13.8 Å². The normalized spacial score (nSPS) is 14.6. The zero-order chi connectivity index (χ0) is 73.9. The maximum Gasteiger partial charge on any atom is 0.573 e. The van der Waals surface area contributed by atoms with Gasteiger partial charge >= 0.3 is 48.7 Å². The summed E-state index contributed by atoms with van der Waals surface area (Å²) in [6.07, 6.45) is -20.7. The Hall–Kier alpha value is -8.27. The molecule has 29 heteroatoms. The van der Waals surface area contributed by atoms with E-state index in [9.17, 15) is 64.7 Å². The lowest BCUT2D eigenvalue weighted by molar-refractivity contribution is -0.275. The van der Waals surface area contributed by atoms with Crippen LogP contribution >= 0.6 is 0 Å². The molecule has 0 saturated carbocycles. The first-order valence-corrected chi connectivity index (χ1v) is 31.4. The van der Waals surface area contributed by atoms with Crippen LogP contribution in [0.4, 0.5) is 39.9 Å². The summed E-state index contributed by atoms with van der Waals surface area (Å²) in [5.41, 5.74) is -4.77. The second-order valence-corrected chi connectivity index (χ2v) is 26.7. The van der Waals surface area contributed by atoms with Gasteiger partial charge in [0.15, 0.2) is 18.3 Å². The fourth-order valence-electron chi connectivity index (χ4n) is 9.62. The van der Waals surface area contributed by atoms with E-state index in [2.05, 4.69) is 9.47 Å². The van der Waals surface area contributed by atoms with Gasteiger partial charge in [-0.1, -0.05) is 82.3 Å². The first-order valence-electron chi connectivity index (χ1n) is 31.4. The number of amides is 4. The highest BCUT2D eigenvalue weighted by Crippen LogP contribution is 2.30. The van der Waals surface area contributed by atoms with E-state index in [-0.39, 0.29) is 48.8 Å². The van der Waals surface area contributed by atoms with Crippen LogP contribution in [0.25, 0.3) is 0 Å². The Bertz CT molecular complexity index is 3100. The molecule has 4 amide bonds. The number of ether oxygens (including phenoxy) is 8. The van der Waals surface area contributed by atoms with E-state index in [4.69, 9.17) is 28.4 Å². The average molecular weight is 1390 g/mol. The Morgan fingerprint density at radius 1 is 0.402 bits per heavy atom. The molecule has 0 aliphatic rings. The Balaban J connectivity index is 2.05. The standard InChI is InChI=1S/C68H92F8N4O17/c1-40(2)23-33-49(58(84)91-42(5)55(81)79(16)52(38-66(12,13)70)61(87)94-54(62(88)90-39-46-21-19-18-20-22-46)36-45-27-31-48(32-28-45)96-68(74,75)76)77(14)57(83)53(35-44-25-29-47(30-26-44)95-67(71,72)73)93-60(86)51(37-65(10,11)69)78(15)56(82)43(6)92-59(85)50(34-24-41(3)4)80(17)63(89)97-64(7,8)9/h18-22,25-32,40-43,49-54H,23-24,33-39H2,1-17H3/t42-,43-,49-,50-,51-,52-,53-,54-/m0/s1. The first kappa shape index (κ1) is 83.0. The zero-order valence-electron chi connectivity index (χ0n) is 57.9. The van der Waals surface area contributed by atoms with Gasteiger partial charge in [-0.15, -0.1) is 26.3 Å². The van der Waals surface area contributed by atoms with Gasteiger partial charge in [-0.05, 0) is 141 Å². The molecule has 0 N–H and O–H groups in total. The number of rotatable bonds is 34. The Labute approximate surface area is 561 Å². The van der Waals surface area contributed by atoms with E-state index in [1.165, 1.54) is 14.0 Å². The van der Waals surface area contributed by atoms with Gasteiger partial charge < -0.3 is 52.6 Å². The smallest absolute Gasteiger partial charge is 0.458 e. The summed E-state index contributed by atoms with van der Waals surface area (Å²) in [6, 6.07) is 9.79. The van der Waals surface area contributed by atoms with Crippen molar-refractivity contribution in [3.05, 3.63) is 95.6 Å². The summed E-state index contributed by atoms with van der Waals surface area (Å²) < 4.78 is 152. The van der Waals surface area contributed by atoms with Crippen molar-refractivity contribution in [3.8, 4) is 11.5 Å². The molecule has 0 aliphatic heterocycles. The molecule has 21 nitrogen and oxygen atoms in total. The van der Waals surface area contributed by atoms with Gasteiger partial charge in [-0.25, -0.2) is 37.5 Å². The molecule has 0 unspecified atom stereocenters. The van der Waals surface area contributed by atoms with Crippen LogP contribution in [0, 0.1) is 11.8 Å². The van der Waals surface area contributed by atoms with Gasteiger partial charge in [0, 0.05) is 53.9 Å². The lowest BCUT2D eigenvalue weighted by atomic mass is 9.99. The second kappa shape index (κ2) is 35.8. The summed E-state index contributed by atoms with van der Waals surface area (Å²) in [6.45, 7) is 18.4. The average Bonchev–Trinajstić information content (AvgIpc) is 0.828. The van der Waals surface area contributed by atoms with Crippen LogP contribution in [-0.4, -0.2) is 180 Å².